The quantitative estimate of drug-likeness (QED) is 0.167. The molecule has 2 aliphatic carbocycles. The molecule has 0 bridgehead atoms. The van der Waals surface area contributed by atoms with Crippen LogP contribution in [0.4, 0.5) is 0 Å². The molecule has 14 rings (SSSR count). The molecule has 2 heterocycles. The summed E-state index contributed by atoms with van der Waals surface area (Å²) in [4.78, 5) is 10.2. The number of para-hydroxylation sites is 4. The number of hydrogen-bond acceptors (Lipinski definition) is 2. The molecule has 2 aromatic heterocycles. The van der Waals surface area contributed by atoms with E-state index in [0.29, 0.717) is 0 Å². The Kier molecular flexibility index (Phi) is 6.87. The predicted molar refractivity (Wildman–Crippen MR) is 259 cm³/mol. The van der Waals surface area contributed by atoms with Crippen molar-refractivity contribution in [1.82, 2.24) is 19.1 Å². The molecule has 0 radical (unpaired) electrons. The van der Waals surface area contributed by atoms with E-state index in [1.807, 2.05) is 0 Å². The van der Waals surface area contributed by atoms with Crippen LogP contribution in [0.2, 0.25) is 0 Å². The summed E-state index contributed by atoms with van der Waals surface area (Å²) in [5.74, 6) is 1.91. The van der Waals surface area contributed by atoms with Gasteiger partial charge in [-0.25, -0.2) is 9.97 Å². The number of nitrogens with zero attached hydrogens (tertiary/aromatic N) is 4. The lowest BCUT2D eigenvalue weighted by Crippen LogP contribution is -2.26. The summed E-state index contributed by atoms with van der Waals surface area (Å²) < 4.78 is 4.69. The van der Waals surface area contributed by atoms with Crippen molar-refractivity contribution in [2.75, 3.05) is 0 Å². The third kappa shape index (κ3) is 4.39. The van der Waals surface area contributed by atoms with Crippen molar-refractivity contribution >= 4 is 54.4 Å². The number of aromatic nitrogens is 4. The summed E-state index contributed by atoms with van der Waals surface area (Å²) in [5.41, 5.74) is 18.8. The minimum absolute atomic E-state index is 0.559. The number of imidazole rings is 2. The van der Waals surface area contributed by atoms with Gasteiger partial charge in [0, 0.05) is 10.8 Å². The Morgan fingerprint density at radius 1 is 0.365 bits per heavy atom. The molecule has 10 aromatic carbocycles. The van der Waals surface area contributed by atoms with Gasteiger partial charge in [0.05, 0.1) is 38.9 Å². The van der Waals surface area contributed by atoms with Crippen LogP contribution in [0.3, 0.4) is 0 Å². The standard InChI is InChI=1S/C59H38N4/c1-35-60-50-26-9-11-28-54(50)62(35)52-30-14-20-41-45(52)34-46-42(21-15-31-53(46)63-36(2)61-51-27-10-12-29-55(51)63)56(41)43-22-13-23-44-57-38-17-4-3-16-37(38)32-33-49(57)59(58(43)44)47-24-7-5-18-39(47)40-19-6-8-25-48(40)59/h3-34H,1-2H3. The van der Waals surface area contributed by atoms with E-state index in [2.05, 4.69) is 217 Å². The minimum atomic E-state index is -0.559. The van der Waals surface area contributed by atoms with Gasteiger partial charge < -0.3 is 0 Å². The van der Waals surface area contributed by atoms with Crippen molar-refractivity contribution in [3.8, 4) is 44.8 Å². The van der Waals surface area contributed by atoms with E-state index in [9.17, 15) is 0 Å². The molecule has 12 aromatic rings. The molecule has 4 heteroatoms. The van der Waals surface area contributed by atoms with Gasteiger partial charge in [0.25, 0.3) is 0 Å². The first-order valence-corrected chi connectivity index (χ1v) is 21.8. The Balaban J connectivity index is 1.19. The first kappa shape index (κ1) is 34.6. The van der Waals surface area contributed by atoms with Gasteiger partial charge in [0.2, 0.25) is 0 Å². The van der Waals surface area contributed by atoms with Crippen molar-refractivity contribution in [3.63, 3.8) is 0 Å². The first-order chi connectivity index (χ1) is 31.1. The van der Waals surface area contributed by atoms with E-state index in [0.717, 1.165) is 45.1 Å². The van der Waals surface area contributed by atoms with Gasteiger partial charge in [0.1, 0.15) is 11.6 Å². The minimum Gasteiger partial charge on any atom is -0.296 e. The molecule has 0 amide bonds. The summed E-state index contributed by atoms with van der Waals surface area (Å²) in [5, 5.41) is 7.27. The average Bonchev–Trinajstić information content (AvgIpc) is 4.04. The van der Waals surface area contributed by atoms with Crippen LogP contribution in [0, 0.1) is 13.8 Å². The monoisotopic (exact) mass is 802 g/mol. The molecular weight excluding hydrogens is 765 g/mol. The second-order valence-electron chi connectivity index (χ2n) is 17.2. The van der Waals surface area contributed by atoms with Gasteiger partial charge in [-0.2, -0.15) is 0 Å². The predicted octanol–water partition coefficient (Wildman–Crippen LogP) is 14.5. The maximum absolute atomic E-state index is 5.08. The van der Waals surface area contributed by atoms with E-state index in [4.69, 9.17) is 9.97 Å². The fourth-order valence-electron chi connectivity index (χ4n) is 11.9. The van der Waals surface area contributed by atoms with Gasteiger partial charge in [-0.15, -0.1) is 0 Å². The Morgan fingerprint density at radius 3 is 1.46 bits per heavy atom. The molecular formula is C59H38N4. The summed E-state index contributed by atoms with van der Waals surface area (Å²) >= 11 is 0. The highest BCUT2D eigenvalue weighted by Gasteiger charge is 2.53. The molecule has 0 atom stereocenters. The highest BCUT2D eigenvalue weighted by atomic mass is 15.1. The van der Waals surface area contributed by atoms with Crippen LogP contribution >= 0.6 is 0 Å². The van der Waals surface area contributed by atoms with Crippen molar-refractivity contribution in [2.24, 2.45) is 0 Å². The highest BCUT2D eigenvalue weighted by molar-refractivity contribution is 6.19. The fourth-order valence-corrected chi connectivity index (χ4v) is 11.9. The number of aryl methyl sites for hydroxylation is 2. The maximum Gasteiger partial charge on any atom is 0.111 e. The van der Waals surface area contributed by atoms with Crippen molar-refractivity contribution in [3.05, 3.63) is 228 Å². The molecule has 1 spiro atoms. The van der Waals surface area contributed by atoms with E-state index < -0.39 is 5.41 Å². The Morgan fingerprint density at radius 2 is 0.841 bits per heavy atom. The molecule has 0 saturated heterocycles. The number of fused-ring (bicyclic) bond motifs is 16. The van der Waals surface area contributed by atoms with Crippen molar-refractivity contribution in [1.29, 1.82) is 0 Å². The normalized spacial score (nSPS) is 13.4. The van der Waals surface area contributed by atoms with Gasteiger partial charge >= 0.3 is 0 Å². The van der Waals surface area contributed by atoms with Crippen LogP contribution in [0.1, 0.15) is 33.9 Å². The van der Waals surface area contributed by atoms with Crippen LogP contribution in [0.25, 0.3) is 99.1 Å². The smallest absolute Gasteiger partial charge is 0.111 e. The van der Waals surface area contributed by atoms with Crippen molar-refractivity contribution in [2.45, 2.75) is 19.3 Å². The second-order valence-corrected chi connectivity index (χ2v) is 17.2. The molecule has 0 fully saturated rings. The van der Waals surface area contributed by atoms with Crippen molar-refractivity contribution < 1.29 is 0 Å². The maximum atomic E-state index is 5.08. The van der Waals surface area contributed by atoms with E-state index >= 15 is 0 Å². The fraction of sp³-hybridized carbons (Fsp3) is 0.0508. The molecule has 294 valence electrons. The summed E-state index contributed by atoms with van der Waals surface area (Å²) in [7, 11) is 0. The lowest BCUT2D eigenvalue weighted by atomic mass is 9.68. The van der Waals surface area contributed by atoms with Gasteiger partial charge in [-0.05, 0) is 133 Å². The summed E-state index contributed by atoms with van der Waals surface area (Å²) in [6.07, 6.45) is 0. The topological polar surface area (TPSA) is 35.6 Å². The zero-order chi connectivity index (χ0) is 41.6. The molecule has 4 nitrogen and oxygen atoms in total. The molecule has 63 heavy (non-hydrogen) atoms. The van der Waals surface area contributed by atoms with Gasteiger partial charge in [0.15, 0.2) is 0 Å². The Hall–Kier alpha value is -8.08. The van der Waals surface area contributed by atoms with Crippen LogP contribution in [-0.2, 0) is 5.41 Å². The van der Waals surface area contributed by atoms with Crippen LogP contribution in [0.5, 0.6) is 0 Å². The SMILES string of the molecule is Cc1nc2ccccc2n1-c1cccc2c(-c3cccc4c3C3(c5ccccc5-c5ccccc53)c3ccc5ccccc5c3-4)c3cccc(-n4c(C)nc5ccccc54)c3cc12. The second kappa shape index (κ2) is 12.5. The van der Waals surface area contributed by atoms with Gasteiger partial charge in [-0.1, -0.05) is 152 Å². The number of benzene rings is 10. The molecule has 0 N–H and O–H groups in total. The average molecular weight is 803 g/mol. The highest BCUT2D eigenvalue weighted by Crippen LogP contribution is 2.66. The molecule has 0 saturated carbocycles. The Bertz CT molecular complexity index is 3770. The van der Waals surface area contributed by atoms with E-state index in [1.54, 1.807) is 0 Å². The van der Waals surface area contributed by atoms with Gasteiger partial charge in [-0.3, -0.25) is 9.13 Å². The third-order valence-electron chi connectivity index (χ3n) is 14.2. The zero-order valence-electron chi connectivity index (χ0n) is 34.8. The zero-order valence-corrected chi connectivity index (χ0v) is 34.8. The molecule has 0 aliphatic heterocycles. The molecule has 2 aliphatic rings. The number of rotatable bonds is 3. The van der Waals surface area contributed by atoms with Crippen LogP contribution in [0.15, 0.2) is 194 Å². The van der Waals surface area contributed by atoms with Crippen LogP contribution < -0.4 is 0 Å². The largest absolute Gasteiger partial charge is 0.296 e. The molecule has 0 unspecified atom stereocenters. The summed E-state index contributed by atoms with van der Waals surface area (Å²) in [6.45, 7) is 4.25. The lowest BCUT2D eigenvalue weighted by molar-refractivity contribution is 0.796. The Labute approximate surface area is 364 Å². The number of hydrogen-bond donors (Lipinski definition) is 0. The van der Waals surface area contributed by atoms with E-state index in [-0.39, 0.29) is 0 Å². The van der Waals surface area contributed by atoms with Crippen LogP contribution in [-0.4, -0.2) is 19.1 Å². The lowest BCUT2D eigenvalue weighted by Gasteiger charge is -2.33. The summed E-state index contributed by atoms with van der Waals surface area (Å²) in [6, 6.07) is 72.1. The van der Waals surface area contributed by atoms with E-state index in [1.165, 1.54) is 88.0 Å². The first-order valence-electron chi connectivity index (χ1n) is 21.8. The third-order valence-corrected chi connectivity index (χ3v) is 14.2.